The van der Waals surface area contributed by atoms with Gasteiger partial charge in [0.1, 0.15) is 0 Å². The van der Waals surface area contributed by atoms with Gasteiger partial charge in [0.2, 0.25) is 0 Å². The minimum absolute atomic E-state index is 0.700. The largest absolute Gasteiger partial charge is 0.313 e. The van der Waals surface area contributed by atoms with Crippen LogP contribution in [-0.4, -0.2) is 23.4 Å². The number of nitrogens with zero attached hydrogens (tertiary/aromatic N) is 1. The van der Waals surface area contributed by atoms with Crippen LogP contribution in [0.2, 0.25) is 0 Å². The van der Waals surface area contributed by atoms with Crippen LogP contribution in [0.5, 0.6) is 0 Å². The fourth-order valence-corrected chi connectivity index (χ4v) is 0.678. The Kier molecular flexibility index (Phi) is 1.13. The van der Waals surface area contributed by atoms with Gasteiger partial charge in [0.05, 0.1) is 0 Å². The number of hydrogen-bond donors (Lipinski definition) is 1. The molecule has 0 radical (unpaired) electrons. The van der Waals surface area contributed by atoms with E-state index in [1.54, 1.807) is 0 Å². The van der Waals surface area contributed by atoms with Gasteiger partial charge < -0.3 is 5.21 Å². The summed E-state index contributed by atoms with van der Waals surface area (Å²) in [5.41, 5.74) is 1.25. The van der Waals surface area contributed by atoms with Crippen molar-refractivity contribution in [2.45, 2.75) is 6.92 Å². The number of rotatable bonds is 0. The van der Waals surface area contributed by atoms with Crippen LogP contribution in [0, 0.1) is 0 Å². The minimum atomic E-state index is 0.700. The lowest BCUT2D eigenvalue weighted by molar-refractivity contribution is -0.0637. The first-order valence-corrected chi connectivity index (χ1v) is 2.38. The summed E-state index contributed by atoms with van der Waals surface area (Å²) in [4.78, 5) is 0. The Bertz CT molecular complexity index is 98.3. The molecule has 40 valence electrons. The van der Waals surface area contributed by atoms with Crippen molar-refractivity contribution in [1.29, 1.82) is 0 Å². The lowest BCUT2D eigenvalue weighted by Gasteiger charge is -2.01. The maximum absolute atomic E-state index is 8.68. The van der Waals surface area contributed by atoms with Crippen LogP contribution in [0.3, 0.4) is 0 Å². The summed E-state index contributed by atoms with van der Waals surface area (Å²) in [6.45, 7) is 3.43. The van der Waals surface area contributed by atoms with E-state index < -0.39 is 0 Å². The van der Waals surface area contributed by atoms with E-state index in [0.717, 1.165) is 6.54 Å². The van der Waals surface area contributed by atoms with Crippen LogP contribution in [0.15, 0.2) is 11.6 Å². The van der Waals surface area contributed by atoms with E-state index in [1.807, 2.05) is 13.0 Å². The van der Waals surface area contributed by atoms with Crippen molar-refractivity contribution < 1.29 is 5.21 Å². The molecule has 0 saturated carbocycles. The van der Waals surface area contributed by atoms with E-state index >= 15 is 0 Å². The van der Waals surface area contributed by atoms with Gasteiger partial charge >= 0.3 is 0 Å². The minimum Gasteiger partial charge on any atom is -0.313 e. The number of hydrogen-bond acceptors (Lipinski definition) is 2. The summed E-state index contributed by atoms with van der Waals surface area (Å²) in [6, 6.07) is 0. The predicted molar refractivity (Wildman–Crippen MR) is 27.1 cm³/mol. The summed E-state index contributed by atoms with van der Waals surface area (Å²) >= 11 is 0. The van der Waals surface area contributed by atoms with Crippen LogP contribution >= 0.6 is 0 Å². The van der Waals surface area contributed by atoms with Crippen LogP contribution in [0.1, 0.15) is 6.92 Å². The molecule has 7 heavy (non-hydrogen) atoms. The normalized spacial score (nSPS) is 22.9. The first-order valence-electron chi connectivity index (χ1n) is 2.38. The molecule has 2 heteroatoms. The van der Waals surface area contributed by atoms with Gasteiger partial charge in [0.15, 0.2) is 0 Å². The van der Waals surface area contributed by atoms with Crippen LogP contribution < -0.4 is 0 Å². The maximum Gasteiger partial charge on any atom is 0.0449 e. The molecule has 0 bridgehead atoms. The molecule has 0 spiro atoms. The molecule has 1 aliphatic heterocycles. The average Bonchev–Trinajstić information content (AvgIpc) is 1.87. The van der Waals surface area contributed by atoms with Crippen LogP contribution in [0.4, 0.5) is 0 Å². The monoisotopic (exact) mass is 99.1 g/mol. The van der Waals surface area contributed by atoms with E-state index in [0.29, 0.717) is 6.54 Å². The molecule has 0 amide bonds. The zero-order chi connectivity index (χ0) is 5.28. The van der Waals surface area contributed by atoms with Gasteiger partial charge in [0.25, 0.3) is 0 Å². The highest BCUT2D eigenvalue weighted by molar-refractivity contribution is 5.06. The Morgan fingerprint density at radius 3 is 2.71 bits per heavy atom. The fraction of sp³-hybridized carbons (Fsp3) is 0.600. The predicted octanol–water partition coefficient (Wildman–Crippen LogP) is 0.637. The Hall–Kier alpha value is -0.340. The third-order valence-corrected chi connectivity index (χ3v) is 1.08. The summed E-state index contributed by atoms with van der Waals surface area (Å²) < 4.78 is 0. The molecule has 0 aromatic heterocycles. The molecule has 0 aromatic rings. The van der Waals surface area contributed by atoms with Gasteiger partial charge in [-0.15, -0.1) is 0 Å². The molecule has 2 nitrogen and oxygen atoms in total. The van der Waals surface area contributed by atoms with Crippen molar-refractivity contribution in [1.82, 2.24) is 5.06 Å². The lowest BCUT2D eigenvalue weighted by Crippen LogP contribution is -2.14. The Morgan fingerprint density at radius 1 is 1.86 bits per heavy atom. The van der Waals surface area contributed by atoms with Gasteiger partial charge in [-0.2, -0.15) is 5.06 Å². The fourth-order valence-electron chi connectivity index (χ4n) is 0.678. The average molecular weight is 99.1 g/mol. The van der Waals surface area contributed by atoms with E-state index in [2.05, 4.69) is 0 Å². The highest BCUT2D eigenvalue weighted by atomic mass is 16.5. The molecule has 1 rings (SSSR count). The maximum atomic E-state index is 8.68. The third kappa shape index (κ3) is 1.01. The summed E-state index contributed by atoms with van der Waals surface area (Å²) in [5.74, 6) is 0. The second-order valence-corrected chi connectivity index (χ2v) is 1.90. The Morgan fingerprint density at radius 2 is 2.57 bits per heavy atom. The molecule has 1 heterocycles. The Labute approximate surface area is 43.0 Å². The van der Waals surface area contributed by atoms with E-state index in [1.165, 1.54) is 10.6 Å². The number of hydroxylamine groups is 2. The Balaban J connectivity index is 2.42. The van der Waals surface area contributed by atoms with Gasteiger partial charge in [-0.3, -0.25) is 0 Å². The van der Waals surface area contributed by atoms with Crippen molar-refractivity contribution in [3.05, 3.63) is 11.6 Å². The zero-order valence-corrected chi connectivity index (χ0v) is 4.39. The molecular weight excluding hydrogens is 90.1 g/mol. The third-order valence-electron chi connectivity index (χ3n) is 1.08. The SMILES string of the molecule is CC1=CCN(O)C1. The smallest absolute Gasteiger partial charge is 0.0449 e. The van der Waals surface area contributed by atoms with Crippen molar-refractivity contribution in [3.63, 3.8) is 0 Å². The summed E-state index contributed by atoms with van der Waals surface area (Å²) in [5, 5.41) is 9.97. The first kappa shape index (κ1) is 4.81. The highest BCUT2D eigenvalue weighted by Crippen LogP contribution is 2.02. The summed E-state index contributed by atoms with van der Waals surface area (Å²) in [6.07, 6.45) is 2.01. The molecule has 0 atom stereocenters. The van der Waals surface area contributed by atoms with Gasteiger partial charge in [0, 0.05) is 13.1 Å². The second kappa shape index (κ2) is 1.64. The van der Waals surface area contributed by atoms with Gasteiger partial charge in [-0.25, -0.2) is 0 Å². The molecule has 0 saturated heterocycles. The van der Waals surface area contributed by atoms with Crippen molar-refractivity contribution in [3.8, 4) is 0 Å². The van der Waals surface area contributed by atoms with Gasteiger partial charge in [-0.05, 0) is 6.92 Å². The molecular formula is C5H9NO. The van der Waals surface area contributed by atoms with Gasteiger partial charge in [-0.1, -0.05) is 11.6 Å². The quantitative estimate of drug-likeness (QED) is 0.450. The van der Waals surface area contributed by atoms with Crippen molar-refractivity contribution in [2.24, 2.45) is 0 Å². The van der Waals surface area contributed by atoms with Crippen LogP contribution in [-0.2, 0) is 0 Å². The van der Waals surface area contributed by atoms with Crippen molar-refractivity contribution in [2.75, 3.05) is 13.1 Å². The topological polar surface area (TPSA) is 23.5 Å². The molecule has 0 aromatic carbocycles. The molecule has 1 N–H and O–H groups in total. The highest BCUT2D eigenvalue weighted by Gasteiger charge is 2.04. The first-order chi connectivity index (χ1) is 3.29. The van der Waals surface area contributed by atoms with E-state index in [-0.39, 0.29) is 0 Å². The van der Waals surface area contributed by atoms with E-state index in [4.69, 9.17) is 5.21 Å². The van der Waals surface area contributed by atoms with Crippen LogP contribution in [0.25, 0.3) is 0 Å². The summed E-state index contributed by atoms with van der Waals surface area (Å²) in [7, 11) is 0. The standard InChI is InChI=1S/C5H9NO/c1-5-2-3-6(7)4-5/h2,7H,3-4H2,1H3. The van der Waals surface area contributed by atoms with E-state index in [9.17, 15) is 0 Å². The molecule has 0 aliphatic carbocycles. The zero-order valence-electron chi connectivity index (χ0n) is 4.39. The lowest BCUT2D eigenvalue weighted by atomic mass is 10.3. The second-order valence-electron chi connectivity index (χ2n) is 1.90. The molecule has 1 aliphatic rings. The van der Waals surface area contributed by atoms with Crippen molar-refractivity contribution >= 4 is 0 Å². The molecule has 0 unspecified atom stereocenters. The molecule has 0 fully saturated rings.